The number of rotatable bonds is 2. The van der Waals surface area contributed by atoms with Gasteiger partial charge in [-0.3, -0.25) is 4.79 Å². The lowest BCUT2D eigenvalue weighted by molar-refractivity contribution is 0.101. The predicted octanol–water partition coefficient (Wildman–Crippen LogP) is 3.31. The van der Waals surface area contributed by atoms with Crippen molar-refractivity contribution in [1.82, 2.24) is 0 Å². The van der Waals surface area contributed by atoms with Crippen LogP contribution in [0.5, 0.6) is 5.75 Å². The number of hydrogen-bond donors (Lipinski definition) is 0. The van der Waals surface area contributed by atoms with E-state index in [1.54, 1.807) is 19.2 Å². The molecule has 0 heterocycles. The zero-order valence-electron chi connectivity index (χ0n) is 7.23. The molecule has 0 amide bonds. The molecule has 4 heteroatoms. The van der Waals surface area contributed by atoms with E-state index in [-0.39, 0.29) is 5.78 Å². The average molecular weight is 264 g/mol. The molecule has 0 bridgehead atoms. The molecule has 0 spiro atoms. The molecule has 13 heavy (non-hydrogen) atoms. The van der Waals surface area contributed by atoms with Crippen molar-refractivity contribution < 1.29 is 9.53 Å². The molecule has 0 fully saturated rings. The summed E-state index contributed by atoms with van der Waals surface area (Å²) in [5.41, 5.74) is 0.488. The topological polar surface area (TPSA) is 26.3 Å². The van der Waals surface area contributed by atoms with Crippen molar-refractivity contribution in [3.8, 4) is 5.75 Å². The maximum atomic E-state index is 11.1. The Morgan fingerprint density at radius 2 is 2.15 bits per heavy atom. The van der Waals surface area contributed by atoms with Crippen LogP contribution in [0.25, 0.3) is 0 Å². The summed E-state index contributed by atoms with van der Waals surface area (Å²) < 4.78 is 5.64. The van der Waals surface area contributed by atoms with Crippen LogP contribution in [0.15, 0.2) is 16.6 Å². The zero-order valence-corrected chi connectivity index (χ0v) is 9.57. The quantitative estimate of drug-likeness (QED) is 0.765. The van der Waals surface area contributed by atoms with Gasteiger partial charge in [0.2, 0.25) is 0 Å². The largest absolute Gasteiger partial charge is 0.497 e. The van der Waals surface area contributed by atoms with Crippen LogP contribution in [0.1, 0.15) is 17.3 Å². The van der Waals surface area contributed by atoms with Crippen LogP contribution in [0, 0.1) is 0 Å². The molecule has 2 nitrogen and oxygen atoms in total. The maximum absolute atomic E-state index is 11.1. The average Bonchev–Trinajstić information content (AvgIpc) is 2.02. The Hall–Kier alpha value is -0.540. The van der Waals surface area contributed by atoms with Crippen LogP contribution in [0.4, 0.5) is 0 Å². The third-order valence-corrected chi connectivity index (χ3v) is 2.53. The van der Waals surface area contributed by atoms with Gasteiger partial charge in [0, 0.05) is 4.47 Å². The van der Waals surface area contributed by atoms with Crippen LogP contribution in [0.2, 0.25) is 5.02 Å². The molecule has 0 atom stereocenters. The highest BCUT2D eigenvalue weighted by Gasteiger charge is 2.11. The van der Waals surface area contributed by atoms with Crippen molar-refractivity contribution in [3.05, 3.63) is 27.2 Å². The zero-order chi connectivity index (χ0) is 10.0. The molecule has 1 aromatic carbocycles. The minimum Gasteiger partial charge on any atom is -0.497 e. The minimum absolute atomic E-state index is 0.0699. The second kappa shape index (κ2) is 4.11. The predicted molar refractivity (Wildman–Crippen MR) is 55.7 cm³/mol. The number of benzene rings is 1. The van der Waals surface area contributed by atoms with Gasteiger partial charge in [-0.2, -0.15) is 0 Å². The van der Waals surface area contributed by atoms with Crippen LogP contribution in [-0.4, -0.2) is 12.9 Å². The van der Waals surface area contributed by atoms with Crippen molar-refractivity contribution in [3.63, 3.8) is 0 Å². The highest BCUT2D eigenvalue weighted by molar-refractivity contribution is 9.10. The van der Waals surface area contributed by atoms with E-state index in [0.29, 0.717) is 20.8 Å². The number of methoxy groups -OCH3 is 1. The number of halogens is 2. The van der Waals surface area contributed by atoms with Gasteiger partial charge in [-0.05, 0) is 35.0 Å². The standard InChI is InChI=1S/C9H8BrClO2/c1-5(12)9-7(10)3-6(13-2)4-8(9)11/h3-4H,1-2H3. The molecule has 0 saturated carbocycles. The second-order valence-electron chi connectivity index (χ2n) is 2.52. The minimum atomic E-state index is -0.0699. The van der Waals surface area contributed by atoms with Gasteiger partial charge in [-0.1, -0.05) is 11.6 Å². The molecular weight excluding hydrogens is 255 g/mol. The van der Waals surface area contributed by atoms with E-state index in [1.165, 1.54) is 6.92 Å². The fourth-order valence-corrected chi connectivity index (χ4v) is 2.18. The number of carbonyl (C=O) groups is 1. The first kappa shape index (κ1) is 10.5. The molecule has 0 saturated heterocycles. The summed E-state index contributed by atoms with van der Waals surface area (Å²) in [5.74, 6) is 0.557. The van der Waals surface area contributed by atoms with Gasteiger partial charge in [-0.15, -0.1) is 0 Å². The third-order valence-electron chi connectivity index (χ3n) is 1.60. The lowest BCUT2D eigenvalue weighted by Gasteiger charge is -2.06. The van der Waals surface area contributed by atoms with Gasteiger partial charge in [-0.25, -0.2) is 0 Å². The molecule has 70 valence electrons. The number of ketones is 1. The van der Waals surface area contributed by atoms with Gasteiger partial charge in [0.05, 0.1) is 17.7 Å². The molecule has 1 rings (SSSR count). The summed E-state index contributed by atoms with van der Waals surface area (Å²) in [4.78, 5) is 11.1. The van der Waals surface area contributed by atoms with E-state index in [1.807, 2.05) is 0 Å². The highest BCUT2D eigenvalue weighted by Crippen LogP contribution is 2.30. The van der Waals surface area contributed by atoms with Crippen LogP contribution < -0.4 is 4.74 Å². The van der Waals surface area contributed by atoms with Crippen LogP contribution in [-0.2, 0) is 0 Å². The van der Waals surface area contributed by atoms with Crippen LogP contribution >= 0.6 is 27.5 Å². The fourth-order valence-electron chi connectivity index (χ4n) is 1.00. The Morgan fingerprint density at radius 1 is 1.54 bits per heavy atom. The molecular formula is C9H8BrClO2. The first-order valence-electron chi connectivity index (χ1n) is 3.60. The normalized spacial score (nSPS) is 9.85. The summed E-state index contributed by atoms with van der Waals surface area (Å²) in [6.07, 6.45) is 0. The molecule has 0 unspecified atom stereocenters. The van der Waals surface area contributed by atoms with E-state index in [0.717, 1.165) is 0 Å². The van der Waals surface area contributed by atoms with Crippen molar-refractivity contribution in [2.24, 2.45) is 0 Å². The summed E-state index contributed by atoms with van der Waals surface area (Å²) >= 11 is 9.13. The van der Waals surface area contributed by atoms with Gasteiger partial charge in [0.15, 0.2) is 5.78 Å². The molecule has 1 aromatic rings. The monoisotopic (exact) mass is 262 g/mol. The Kier molecular flexibility index (Phi) is 3.33. The Balaban J connectivity index is 3.31. The molecule has 0 radical (unpaired) electrons. The van der Waals surface area contributed by atoms with E-state index >= 15 is 0 Å². The number of ether oxygens (including phenoxy) is 1. The molecule has 0 aromatic heterocycles. The number of Topliss-reactive ketones (excluding diaryl/α,β-unsaturated/α-hetero) is 1. The van der Waals surface area contributed by atoms with E-state index < -0.39 is 0 Å². The van der Waals surface area contributed by atoms with Crippen molar-refractivity contribution in [2.45, 2.75) is 6.92 Å². The van der Waals surface area contributed by atoms with Crippen LogP contribution in [0.3, 0.4) is 0 Å². The number of carbonyl (C=O) groups excluding carboxylic acids is 1. The SMILES string of the molecule is COc1cc(Cl)c(C(C)=O)c(Br)c1. The fraction of sp³-hybridized carbons (Fsp3) is 0.222. The van der Waals surface area contributed by atoms with Gasteiger partial charge in [0.1, 0.15) is 5.75 Å². The first-order valence-corrected chi connectivity index (χ1v) is 4.77. The van der Waals surface area contributed by atoms with Gasteiger partial charge < -0.3 is 4.74 Å². The van der Waals surface area contributed by atoms with Gasteiger partial charge in [0.25, 0.3) is 0 Å². The Morgan fingerprint density at radius 3 is 2.54 bits per heavy atom. The third kappa shape index (κ3) is 2.23. The number of hydrogen-bond acceptors (Lipinski definition) is 2. The maximum Gasteiger partial charge on any atom is 0.162 e. The van der Waals surface area contributed by atoms with Crippen molar-refractivity contribution in [2.75, 3.05) is 7.11 Å². The summed E-state index contributed by atoms with van der Waals surface area (Å²) in [6.45, 7) is 1.47. The highest BCUT2D eigenvalue weighted by atomic mass is 79.9. The molecule has 0 N–H and O–H groups in total. The Bertz CT molecular complexity index is 326. The molecule has 0 aliphatic heterocycles. The molecule has 0 aliphatic rings. The lowest BCUT2D eigenvalue weighted by Crippen LogP contribution is -1.96. The van der Waals surface area contributed by atoms with Crippen molar-refractivity contribution in [1.29, 1.82) is 0 Å². The van der Waals surface area contributed by atoms with E-state index in [9.17, 15) is 4.79 Å². The van der Waals surface area contributed by atoms with E-state index in [4.69, 9.17) is 16.3 Å². The first-order chi connectivity index (χ1) is 6.06. The Labute approximate surface area is 90.0 Å². The summed E-state index contributed by atoms with van der Waals surface area (Å²) in [6, 6.07) is 3.33. The summed E-state index contributed by atoms with van der Waals surface area (Å²) in [7, 11) is 1.55. The lowest BCUT2D eigenvalue weighted by atomic mass is 10.1. The molecule has 0 aliphatic carbocycles. The van der Waals surface area contributed by atoms with E-state index in [2.05, 4.69) is 15.9 Å². The summed E-state index contributed by atoms with van der Waals surface area (Å²) in [5, 5.41) is 0.402. The van der Waals surface area contributed by atoms with Crippen molar-refractivity contribution >= 4 is 33.3 Å². The van der Waals surface area contributed by atoms with Gasteiger partial charge >= 0.3 is 0 Å². The smallest absolute Gasteiger partial charge is 0.162 e. The second-order valence-corrected chi connectivity index (χ2v) is 3.78.